The highest BCUT2D eigenvalue weighted by atomic mass is 32.1. The summed E-state index contributed by atoms with van der Waals surface area (Å²) in [6, 6.07) is 9.62. The van der Waals surface area contributed by atoms with Crippen molar-refractivity contribution in [3.8, 4) is 0 Å². The van der Waals surface area contributed by atoms with Crippen molar-refractivity contribution in [3.05, 3.63) is 41.6 Å². The van der Waals surface area contributed by atoms with E-state index in [0.29, 0.717) is 16.6 Å². The number of nitrogens with one attached hydrogen (secondary N) is 1. The van der Waals surface area contributed by atoms with E-state index in [-0.39, 0.29) is 11.8 Å². The lowest BCUT2D eigenvalue weighted by Gasteiger charge is -2.02. The monoisotopic (exact) mass is 275 g/mol. The summed E-state index contributed by atoms with van der Waals surface area (Å²) >= 11 is 1.32. The minimum Gasteiger partial charge on any atom is -0.389 e. The maximum absolute atomic E-state index is 11.9. The van der Waals surface area contributed by atoms with E-state index in [9.17, 15) is 4.79 Å². The molecular formula is C14H17N3OS. The highest BCUT2D eigenvalue weighted by Gasteiger charge is 2.13. The van der Waals surface area contributed by atoms with E-state index in [1.54, 1.807) is 0 Å². The zero-order valence-corrected chi connectivity index (χ0v) is 11.8. The van der Waals surface area contributed by atoms with E-state index >= 15 is 0 Å². The van der Waals surface area contributed by atoms with Gasteiger partial charge >= 0.3 is 0 Å². The second-order valence-corrected chi connectivity index (χ2v) is 5.66. The van der Waals surface area contributed by atoms with Crippen LogP contribution < -0.4 is 11.1 Å². The van der Waals surface area contributed by atoms with E-state index < -0.39 is 0 Å². The summed E-state index contributed by atoms with van der Waals surface area (Å²) in [7, 11) is 0. The quantitative estimate of drug-likeness (QED) is 0.901. The second-order valence-electron chi connectivity index (χ2n) is 4.63. The molecule has 1 aromatic heterocycles. The van der Waals surface area contributed by atoms with Gasteiger partial charge in [-0.05, 0) is 11.5 Å². The lowest BCUT2D eigenvalue weighted by molar-refractivity contribution is -0.115. The smallest absolute Gasteiger partial charge is 0.230 e. The predicted molar refractivity (Wildman–Crippen MR) is 79.4 cm³/mol. The predicted octanol–water partition coefficient (Wildman–Crippen LogP) is 3.03. The molecule has 0 aliphatic rings. The van der Waals surface area contributed by atoms with E-state index in [1.807, 2.05) is 44.2 Å². The molecule has 2 rings (SSSR count). The molecule has 0 fully saturated rings. The van der Waals surface area contributed by atoms with Gasteiger partial charge < -0.3 is 11.1 Å². The first-order chi connectivity index (χ1) is 9.06. The van der Waals surface area contributed by atoms with Crippen molar-refractivity contribution in [2.45, 2.75) is 26.2 Å². The topological polar surface area (TPSA) is 68.0 Å². The van der Waals surface area contributed by atoms with Gasteiger partial charge in [0.15, 0.2) is 5.13 Å². The molecule has 1 amide bonds. The third kappa shape index (κ3) is 3.54. The average Bonchev–Trinajstić information content (AvgIpc) is 2.71. The van der Waals surface area contributed by atoms with Crippen LogP contribution in [-0.2, 0) is 11.2 Å². The molecule has 100 valence electrons. The molecule has 4 nitrogen and oxygen atoms in total. The Hall–Kier alpha value is -1.88. The Morgan fingerprint density at radius 1 is 1.37 bits per heavy atom. The standard InChI is InChI=1S/C14H17N3OS/c1-9(2)12-13(15)19-14(17-12)16-11(18)8-10-6-4-3-5-7-10/h3-7,9H,8,15H2,1-2H3,(H,16,17,18). The maximum Gasteiger partial charge on any atom is 0.230 e. The number of carbonyl (C=O) groups is 1. The molecule has 0 aliphatic carbocycles. The zero-order chi connectivity index (χ0) is 13.8. The molecule has 3 N–H and O–H groups in total. The van der Waals surface area contributed by atoms with E-state index in [1.165, 1.54) is 11.3 Å². The van der Waals surface area contributed by atoms with Gasteiger partial charge in [-0.3, -0.25) is 4.79 Å². The first-order valence-corrected chi connectivity index (χ1v) is 6.98. The molecule has 1 heterocycles. The third-order valence-electron chi connectivity index (χ3n) is 2.68. The number of amides is 1. The fourth-order valence-electron chi connectivity index (χ4n) is 1.76. The van der Waals surface area contributed by atoms with Gasteiger partial charge in [0.05, 0.1) is 12.1 Å². The van der Waals surface area contributed by atoms with Gasteiger partial charge in [-0.25, -0.2) is 4.98 Å². The van der Waals surface area contributed by atoms with Crippen LogP contribution >= 0.6 is 11.3 Å². The molecule has 0 spiro atoms. The van der Waals surface area contributed by atoms with Crippen LogP contribution in [0.1, 0.15) is 31.0 Å². The highest BCUT2D eigenvalue weighted by molar-refractivity contribution is 7.19. The molecule has 0 bridgehead atoms. The summed E-state index contributed by atoms with van der Waals surface area (Å²) in [5, 5.41) is 4.04. The van der Waals surface area contributed by atoms with Crippen molar-refractivity contribution in [2.75, 3.05) is 11.1 Å². The Morgan fingerprint density at radius 2 is 2.05 bits per heavy atom. The van der Waals surface area contributed by atoms with Crippen LogP contribution in [0.15, 0.2) is 30.3 Å². The van der Waals surface area contributed by atoms with Crippen LogP contribution in [0.5, 0.6) is 0 Å². The SMILES string of the molecule is CC(C)c1nc(NC(=O)Cc2ccccc2)sc1N. The number of nitrogen functional groups attached to an aromatic ring is 1. The molecule has 1 aromatic carbocycles. The first-order valence-electron chi connectivity index (χ1n) is 6.16. The van der Waals surface area contributed by atoms with Crippen molar-refractivity contribution < 1.29 is 4.79 Å². The summed E-state index contributed by atoms with van der Waals surface area (Å²) < 4.78 is 0. The number of carbonyl (C=O) groups excluding carboxylic acids is 1. The largest absolute Gasteiger partial charge is 0.389 e. The molecule has 2 aromatic rings. The number of anilines is 2. The Bertz CT molecular complexity index is 563. The number of nitrogens with two attached hydrogens (primary N) is 1. The average molecular weight is 275 g/mol. The Morgan fingerprint density at radius 3 is 2.63 bits per heavy atom. The summed E-state index contributed by atoms with van der Waals surface area (Å²) in [6.07, 6.45) is 0.345. The van der Waals surface area contributed by atoms with Gasteiger partial charge in [-0.2, -0.15) is 0 Å². The number of hydrogen-bond acceptors (Lipinski definition) is 4. The van der Waals surface area contributed by atoms with Crippen LogP contribution in [0.4, 0.5) is 10.1 Å². The van der Waals surface area contributed by atoms with Crippen LogP contribution in [0.25, 0.3) is 0 Å². The van der Waals surface area contributed by atoms with Gasteiger partial charge in [-0.1, -0.05) is 55.5 Å². The Labute approximate surface area is 116 Å². The van der Waals surface area contributed by atoms with Crippen molar-refractivity contribution >= 4 is 27.4 Å². The molecule has 0 unspecified atom stereocenters. The van der Waals surface area contributed by atoms with Crippen LogP contribution in [0, 0.1) is 0 Å². The van der Waals surface area contributed by atoms with Crippen LogP contribution in [0.2, 0.25) is 0 Å². The second kappa shape index (κ2) is 5.84. The summed E-state index contributed by atoms with van der Waals surface area (Å²) in [4.78, 5) is 16.2. The van der Waals surface area contributed by atoms with E-state index in [2.05, 4.69) is 10.3 Å². The van der Waals surface area contributed by atoms with Crippen molar-refractivity contribution in [2.24, 2.45) is 0 Å². The normalized spacial score (nSPS) is 10.7. The number of benzene rings is 1. The van der Waals surface area contributed by atoms with Crippen LogP contribution in [0.3, 0.4) is 0 Å². The van der Waals surface area contributed by atoms with Crippen LogP contribution in [-0.4, -0.2) is 10.9 Å². The minimum absolute atomic E-state index is 0.0738. The summed E-state index contributed by atoms with van der Waals surface area (Å²) in [6.45, 7) is 4.06. The minimum atomic E-state index is -0.0738. The van der Waals surface area contributed by atoms with E-state index in [4.69, 9.17) is 5.73 Å². The summed E-state index contributed by atoms with van der Waals surface area (Å²) in [5.41, 5.74) is 7.70. The van der Waals surface area contributed by atoms with Gasteiger partial charge in [0, 0.05) is 0 Å². The summed E-state index contributed by atoms with van der Waals surface area (Å²) in [5.74, 6) is 0.186. The van der Waals surface area contributed by atoms with Gasteiger partial charge in [-0.15, -0.1) is 0 Å². The lowest BCUT2D eigenvalue weighted by atomic mass is 10.1. The molecule has 0 aliphatic heterocycles. The lowest BCUT2D eigenvalue weighted by Crippen LogP contribution is -2.14. The van der Waals surface area contributed by atoms with Gasteiger partial charge in [0.2, 0.25) is 5.91 Å². The molecule has 19 heavy (non-hydrogen) atoms. The number of aromatic nitrogens is 1. The van der Waals surface area contributed by atoms with Gasteiger partial charge in [0.25, 0.3) is 0 Å². The van der Waals surface area contributed by atoms with Crippen molar-refractivity contribution in [1.82, 2.24) is 4.98 Å². The van der Waals surface area contributed by atoms with Crippen molar-refractivity contribution in [3.63, 3.8) is 0 Å². The molecule has 5 heteroatoms. The number of thiazole rings is 1. The zero-order valence-electron chi connectivity index (χ0n) is 11.0. The Kier molecular flexibility index (Phi) is 4.16. The Balaban J connectivity index is 2.01. The fraction of sp³-hybridized carbons (Fsp3) is 0.286. The van der Waals surface area contributed by atoms with Gasteiger partial charge in [0.1, 0.15) is 5.00 Å². The molecule has 0 saturated heterocycles. The highest BCUT2D eigenvalue weighted by Crippen LogP contribution is 2.30. The molecule has 0 atom stereocenters. The first kappa shape index (κ1) is 13.5. The van der Waals surface area contributed by atoms with E-state index in [0.717, 1.165) is 11.3 Å². The molecule has 0 radical (unpaired) electrons. The third-order valence-corrected chi connectivity index (χ3v) is 3.50. The number of nitrogens with zero attached hydrogens (tertiary/aromatic N) is 1. The maximum atomic E-state index is 11.9. The fourth-order valence-corrected chi connectivity index (χ4v) is 2.66. The number of hydrogen-bond donors (Lipinski definition) is 2. The molecule has 0 saturated carbocycles. The number of rotatable bonds is 4. The molecular weight excluding hydrogens is 258 g/mol. The van der Waals surface area contributed by atoms with Crippen molar-refractivity contribution in [1.29, 1.82) is 0 Å².